The lowest BCUT2D eigenvalue weighted by atomic mass is 10.4. The van der Waals surface area contributed by atoms with Gasteiger partial charge in [0.15, 0.2) is 0 Å². The molecule has 0 aliphatic heterocycles. The van der Waals surface area contributed by atoms with Crippen molar-refractivity contribution in [2.24, 2.45) is 0 Å². The smallest absolute Gasteiger partial charge is 0.235 e. The maximum absolute atomic E-state index is 8.54. The Hall–Kier alpha value is -1.17. The summed E-state index contributed by atoms with van der Waals surface area (Å²) < 4.78 is 10.1. The van der Waals surface area contributed by atoms with E-state index in [4.69, 9.17) is 14.7 Å². The molecule has 0 saturated heterocycles. The van der Waals surface area contributed by atoms with Gasteiger partial charge in [0, 0.05) is 0 Å². The van der Waals surface area contributed by atoms with Crippen LogP contribution in [0.25, 0.3) is 0 Å². The fraction of sp³-hybridized carbons (Fsp3) is 0.625. The molecule has 0 unspecified atom stereocenters. The van der Waals surface area contributed by atoms with E-state index in [0.717, 1.165) is 0 Å². The fourth-order valence-corrected chi connectivity index (χ4v) is 0.639. The molecule has 0 aromatic rings. The molecule has 0 heterocycles. The molecule has 0 bridgehead atoms. The van der Waals surface area contributed by atoms with Crippen LogP contribution >= 0.6 is 0 Å². The van der Waals surface area contributed by atoms with Crippen molar-refractivity contribution in [3.8, 4) is 6.07 Å². The Kier molecular flexibility index (Phi) is 5.01. The lowest BCUT2D eigenvalue weighted by Crippen LogP contribution is -1.96. The lowest BCUT2D eigenvalue weighted by molar-refractivity contribution is 0.178. The number of rotatable bonds is 4. The number of hydrogen-bond donors (Lipinski definition) is 0. The summed E-state index contributed by atoms with van der Waals surface area (Å²) in [7, 11) is 0. The highest BCUT2D eigenvalue weighted by Crippen LogP contribution is 2.05. The van der Waals surface area contributed by atoms with Crippen LogP contribution in [0.15, 0.2) is 11.5 Å². The number of nitrogens with zero attached hydrogens (tertiary/aromatic N) is 1. The van der Waals surface area contributed by atoms with Crippen LogP contribution in [0, 0.1) is 11.3 Å². The molecule has 0 aromatic carbocycles. The van der Waals surface area contributed by atoms with E-state index >= 15 is 0 Å². The highest BCUT2D eigenvalue weighted by molar-refractivity contribution is 5.16. The molecule has 0 fully saturated rings. The van der Waals surface area contributed by atoms with Crippen molar-refractivity contribution in [1.29, 1.82) is 5.26 Å². The molecule has 0 saturated carbocycles. The fourth-order valence-electron chi connectivity index (χ4n) is 0.639. The summed E-state index contributed by atoms with van der Waals surface area (Å²) in [6.45, 7) is 6.47. The number of ether oxygens (including phenoxy) is 2. The predicted molar refractivity (Wildman–Crippen MR) is 41.6 cm³/mol. The maximum Gasteiger partial charge on any atom is 0.235 e. The van der Waals surface area contributed by atoms with Crippen molar-refractivity contribution in [2.45, 2.75) is 20.8 Å². The molecule has 0 atom stereocenters. The van der Waals surface area contributed by atoms with Gasteiger partial charge in [0.05, 0.1) is 13.2 Å². The second kappa shape index (κ2) is 5.60. The van der Waals surface area contributed by atoms with Crippen LogP contribution in [0.3, 0.4) is 0 Å². The van der Waals surface area contributed by atoms with Crippen molar-refractivity contribution in [1.82, 2.24) is 0 Å². The van der Waals surface area contributed by atoms with Gasteiger partial charge in [0.1, 0.15) is 11.8 Å². The van der Waals surface area contributed by atoms with Gasteiger partial charge in [-0.1, -0.05) is 0 Å². The van der Waals surface area contributed by atoms with E-state index in [1.165, 1.54) is 0 Å². The Labute approximate surface area is 67.2 Å². The highest BCUT2D eigenvalue weighted by Gasteiger charge is 2.01. The van der Waals surface area contributed by atoms with Gasteiger partial charge in [-0.15, -0.1) is 0 Å². The van der Waals surface area contributed by atoms with Crippen LogP contribution in [0.1, 0.15) is 20.8 Å². The van der Waals surface area contributed by atoms with Gasteiger partial charge in [-0.25, -0.2) is 0 Å². The minimum Gasteiger partial charge on any atom is -0.494 e. The van der Waals surface area contributed by atoms with Crippen LogP contribution in [-0.4, -0.2) is 13.2 Å². The van der Waals surface area contributed by atoms with Gasteiger partial charge in [-0.2, -0.15) is 5.26 Å². The first-order valence-corrected chi connectivity index (χ1v) is 3.62. The molecule has 0 rings (SSSR count). The molecular formula is C8H13NO2. The minimum absolute atomic E-state index is 0.273. The molecule has 0 radical (unpaired) electrons. The maximum atomic E-state index is 8.54. The highest BCUT2D eigenvalue weighted by atomic mass is 16.5. The van der Waals surface area contributed by atoms with Gasteiger partial charge < -0.3 is 9.47 Å². The summed E-state index contributed by atoms with van der Waals surface area (Å²) in [4.78, 5) is 0. The zero-order chi connectivity index (χ0) is 8.69. The topological polar surface area (TPSA) is 42.2 Å². The van der Waals surface area contributed by atoms with Crippen LogP contribution in [-0.2, 0) is 9.47 Å². The molecule has 3 heteroatoms. The zero-order valence-corrected chi connectivity index (χ0v) is 7.18. The van der Waals surface area contributed by atoms with Gasteiger partial charge in [0.2, 0.25) is 5.76 Å². The van der Waals surface area contributed by atoms with Crippen molar-refractivity contribution < 1.29 is 9.47 Å². The van der Waals surface area contributed by atoms with Gasteiger partial charge in [-0.05, 0) is 20.8 Å². The lowest BCUT2D eigenvalue weighted by Gasteiger charge is -2.05. The standard InChI is InChI=1S/C8H13NO2/c1-4-10-7(3)8(6-9)11-5-2/h4-5H2,1-3H3. The molecule has 0 aromatic heterocycles. The van der Waals surface area contributed by atoms with Crippen LogP contribution < -0.4 is 0 Å². The first-order valence-electron chi connectivity index (χ1n) is 3.62. The number of hydrogen-bond acceptors (Lipinski definition) is 3. The zero-order valence-electron chi connectivity index (χ0n) is 7.18. The molecule has 0 spiro atoms. The molecule has 0 aliphatic carbocycles. The van der Waals surface area contributed by atoms with E-state index in [1.54, 1.807) is 6.92 Å². The first-order chi connectivity index (χ1) is 5.26. The second-order valence-electron chi connectivity index (χ2n) is 1.86. The Morgan fingerprint density at radius 2 is 1.82 bits per heavy atom. The van der Waals surface area contributed by atoms with Crippen molar-refractivity contribution >= 4 is 0 Å². The van der Waals surface area contributed by atoms with Crippen molar-refractivity contribution in [3.05, 3.63) is 11.5 Å². The average Bonchev–Trinajstić information content (AvgIpc) is 2.00. The third-order valence-corrected chi connectivity index (χ3v) is 1.07. The molecule has 0 amide bonds. The third kappa shape index (κ3) is 3.51. The molecule has 11 heavy (non-hydrogen) atoms. The van der Waals surface area contributed by atoms with Gasteiger partial charge in [-0.3, -0.25) is 0 Å². The van der Waals surface area contributed by atoms with E-state index in [-0.39, 0.29) is 5.76 Å². The molecule has 62 valence electrons. The predicted octanol–water partition coefficient (Wildman–Crippen LogP) is 1.81. The quantitative estimate of drug-likeness (QED) is 0.459. The minimum atomic E-state index is 0.273. The van der Waals surface area contributed by atoms with E-state index in [2.05, 4.69) is 0 Å². The van der Waals surface area contributed by atoms with Crippen LogP contribution in [0.4, 0.5) is 0 Å². The largest absolute Gasteiger partial charge is 0.494 e. The Bertz CT molecular complexity index is 179. The monoisotopic (exact) mass is 155 g/mol. The molecule has 0 N–H and O–H groups in total. The SMILES string of the molecule is CCOC(C)=C(C#N)OCC. The Morgan fingerprint density at radius 1 is 1.27 bits per heavy atom. The summed E-state index contributed by atoms with van der Waals surface area (Å²) in [5.41, 5.74) is 0. The third-order valence-electron chi connectivity index (χ3n) is 1.07. The van der Waals surface area contributed by atoms with E-state index < -0.39 is 0 Å². The van der Waals surface area contributed by atoms with Crippen LogP contribution in [0.2, 0.25) is 0 Å². The van der Waals surface area contributed by atoms with E-state index in [9.17, 15) is 0 Å². The summed E-state index contributed by atoms with van der Waals surface area (Å²) in [6.07, 6.45) is 0. The van der Waals surface area contributed by atoms with Crippen LogP contribution in [0.5, 0.6) is 0 Å². The van der Waals surface area contributed by atoms with E-state index in [1.807, 2.05) is 19.9 Å². The van der Waals surface area contributed by atoms with E-state index in [0.29, 0.717) is 19.0 Å². The van der Waals surface area contributed by atoms with Crippen molar-refractivity contribution in [2.75, 3.05) is 13.2 Å². The molecule has 0 aliphatic rings. The average molecular weight is 155 g/mol. The Morgan fingerprint density at radius 3 is 2.18 bits per heavy atom. The second-order valence-corrected chi connectivity index (χ2v) is 1.86. The first kappa shape index (κ1) is 9.83. The van der Waals surface area contributed by atoms with Crippen molar-refractivity contribution in [3.63, 3.8) is 0 Å². The van der Waals surface area contributed by atoms with Gasteiger partial charge >= 0.3 is 0 Å². The number of nitriles is 1. The number of allylic oxidation sites excluding steroid dienone is 2. The summed E-state index contributed by atoms with van der Waals surface area (Å²) in [5, 5.41) is 8.54. The summed E-state index contributed by atoms with van der Waals surface area (Å²) in [6, 6.07) is 1.92. The summed E-state index contributed by atoms with van der Waals surface area (Å²) >= 11 is 0. The Balaban J connectivity index is 4.18. The molecular weight excluding hydrogens is 142 g/mol. The molecule has 3 nitrogen and oxygen atoms in total. The normalized spacial score (nSPS) is 11.5. The van der Waals surface area contributed by atoms with Gasteiger partial charge in [0.25, 0.3) is 0 Å². The summed E-state index contributed by atoms with van der Waals surface area (Å²) in [5.74, 6) is 0.825.